The molecule has 0 aliphatic carbocycles. The minimum atomic E-state index is -0.791. The van der Waals surface area contributed by atoms with E-state index < -0.39 is 24.2 Å². The van der Waals surface area contributed by atoms with Crippen LogP contribution in [0.4, 0.5) is 4.39 Å². The molecule has 3 rings (SSSR count). The Morgan fingerprint density at radius 2 is 1.92 bits per heavy atom. The summed E-state index contributed by atoms with van der Waals surface area (Å²) in [6.45, 7) is 1.07. The predicted octanol–water partition coefficient (Wildman–Crippen LogP) is 3.41. The molecule has 1 aromatic heterocycles. The number of esters is 1. The molecule has 0 unspecified atom stereocenters. The van der Waals surface area contributed by atoms with E-state index in [4.69, 9.17) is 16.3 Å². The van der Waals surface area contributed by atoms with Gasteiger partial charge in [-0.3, -0.25) is 4.79 Å². The first kappa shape index (κ1) is 17.8. The number of hydrogen-bond donors (Lipinski definition) is 0. The van der Waals surface area contributed by atoms with Gasteiger partial charge in [-0.05, 0) is 37.3 Å². The van der Waals surface area contributed by atoms with Crippen LogP contribution in [-0.2, 0) is 4.74 Å². The highest BCUT2D eigenvalue weighted by molar-refractivity contribution is 6.30. The number of benzene rings is 2. The molecule has 2 aromatic carbocycles. The van der Waals surface area contributed by atoms with Crippen LogP contribution in [0.1, 0.15) is 26.5 Å². The molecule has 26 heavy (non-hydrogen) atoms. The number of halogens is 2. The maximum Gasteiger partial charge on any atom is 0.361 e. The fourth-order valence-corrected chi connectivity index (χ4v) is 2.41. The van der Waals surface area contributed by atoms with E-state index >= 15 is 0 Å². The summed E-state index contributed by atoms with van der Waals surface area (Å²) in [7, 11) is 0. The normalized spacial score (nSPS) is 10.6. The van der Waals surface area contributed by atoms with Crippen LogP contribution in [0.2, 0.25) is 5.02 Å². The first-order valence-corrected chi connectivity index (χ1v) is 7.97. The number of hydrogen-bond acceptors (Lipinski definition) is 5. The van der Waals surface area contributed by atoms with Crippen molar-refractivity contribution in [2.45, 2.75) is 6.92 Å². The average Bonchev–Trinajstić information content (AvgIpc) is 3.01. The Hall–Kier alpha value is -3.06. The Bertz CT molecular complexity index is 987. The number of carbonyl (C=O) groups excluding carboxylic acids is 2. The van der Waals surface area contributed by atoms with Gasteiger partial charge >= 0.3 is 5.97 Å². The van der Waals surface area contributed by atoms with Crippen molar-refractivity contribution >= 4 is 23.4 Å². The molecule has 6 nitrogen and oxygen atoms in total. The van der Waals surface area contributed by atoms with Gasteiger partial charge in [0.15, 0.2) is 18.1 Å². The lowest BCUT2D eigenvalue weighted by Crippen LogP contribution is -2.15. The molecule has 0 bridgehead atoms. The van der Waals surface area contributed by atoms with Gasteiger partial charge in [0.05, 0.1) is 11.4 Å². The summed E-state index contributed by atoms with van der Waals surface area (Å²) >= 11 is 5.93. The lowest BCUT2D eigenvalue weighted by Gasteiger charge is -2.03. The van der Waals surface area contributed by atoms with Crippen LogP contribution in [0.3, 0.4) is 0 Å². The van der Waals surface area contributed by atoms with E-state index in [2.05, 4.69) is 10.2 Å². The molecule has 3 aromatic rings. The molecule has 0 spiro atoms. The Morgan fingerprint density at radius 1 is 1.15 bits per heavy atom. The van der Waals surface area contributed by atoms with Gasteiger partial charge in [-0.15, -0.1) is 5.10 Å². The number of Topliss-reactive ketones (excluding diaryl/α,β-unsaturated/α-hetero) is 1. The van der Waals surface area contributed by atoms with Gasteiger partial charge in [-0.2, -0.15) is 9.90 Å². The minimum absolute atomic E-state index is 0.0167. The summed E-state index contributed by atoms with van der Waals surface area (Å²) in [6, 6.07) is 12.0. The highest BCUT2D eigenvalue weighted by atomic mass is 35.5. The number of ether oxygens (including phenoxy) is 1. The molecule has 0 aliphatic heterocycles. The van der Waals surface area contributed by atoms with Crippen molar-refractivity contribution in [2.75, 3.05) is 6.61 Å². The molecule has 0 atom stereocenters. The summed E-state index contributed by atoms with van der Waals surface area (Å²) in [5.74, 6) is -1.85. The van der Waals surface area contributed by atoms with E-state index in [1.807, 2.05) is 0 Å². The largest absolute Gasteiger partial charge is 0.452 e. The Labute approximate surface area is 153 Å². The summed E-state index contributed by atoms with van der Waals surface area (Å²) in [4.78, 5) is 25.4. The highest BCUT2D eigenvalue weighted by Gasteiger charge is 2.19. The number of carbonyl (C=O) groups is 2. The predicted molar refractivity (Wildman–Crippen MR) is 92.1 cm³/mol. The van der Waals surface area contributed by atoms with Gasteiger partial charge in [0.1, 0.15) is 5.82 Å². The molecule has 0 N–H and O–H groups in total. The molecule has 0 fully saturated rings. The number of nitrogens with zero attached hydrogens (tertiary/aromatic N) is 3. The van der Waals surface area contributed by atoms with E-state index in [0.29, 0.717) is 16.4 Å². The van der Waals surface area contributed by atoms with Gasteiger partial charge in [0.2, 0.25) is 0 Å². The van der Waals surface area contributed by atoms with Crippen molar-refractivity contribution < 1.29 is 18.7 Å². The molecule has 1 heterocycles. The summed E-state index contributed by atoms with van der Waals surface area (Å²) in [5, 5.41) is 8.74. The standard InChI is InChI=1S/C18H13ClFN3O3/c1-11-17(22-23(21-11)15-7-3-5-13(19)9-15)18(25)26-10-16(24)12-4-2-6-14(20)8-12/h2-9H,10H2,1H3. The zero-order valence-electron chi connectivity index (χ0n) is 13.6. The van der Waals surface area contributed by atoms with E-state index in [1.54, 1.807) is 31.2 Å². The first-order chi connectivity index (χ1) is 12.4. The van der Waals surface area contributed by atoms with Crippen molar-refractivity contribution in [3.05, 3.63) is 76.3 Å². The lowest BCUT2D eigenvalue weighted by atomic mass is 10.1. The second-order valence-corrected chi connectivity index (χ2v) is 5.85. The molecule has 0 saturated carbocycles. The Morgan fingerprint density at radius 3 is 2.65 bits per heavy atom. The van der Waals surface area contributed by atoms with E-state index in [-0.39, 0.29) is 11.3 Å². The van der Waals surface area contributed by atoms with Crippen LogP contribution in [0.25, 0.3) is 5.69 Å². The van der Waals surface area contributed by atoms with Crippen LogP contribution >= 0.6 is 11.6 Å². The van der Waals surface area contributed by atoms with Gasteiger partial charge in [-0.25, -0.2) is 9.18 Å². The first-order valence-electron chi connectivity index (χ1n) is 7.60. The zero-order valence-corrected chi connectivity index (χ0v) is 14.4. The van der Waals surface area contributed by atoms with E-state index in [9.17, 15) is 14.0 Å². The van der Waals surface area contributed by atoms with Crippen molar-refractivity contribution in [3.63, 3.8) is 0 Å². The van der Waals surface area contributed by atoms with Gasteiger partial charge in [0, 0.05) is 10.6 Å². The molecule has 0 saturated heterocycles. The monoisotopic (exact) mass is 373 g/mol. The van der Waals surface area contributed by atoms with Crippen LogP contribution in [0.5, 0.6) is 0 Å². The van der Waals surface area contributed by atoms with Crippen LogP contribution in [0, 0.1) is 12.7 Å². The van der Waals surface area contributed by atoms with Crippen molar-refractivity contribution in [1.82, 2.24) is 15.0 Å². The van der Waals surface area contributed by atoms with Gasteiger partial charge < -0.3 is 4.74 Å². The van der Waals surface area contributed by atoms with Gasteiger partial charge in [-0.1, -0.05) is 29.8 Å². The van der Waals surface area contributed by atoms with Crippen molar-refractivity contribution in [1.29, 1.82) is 0 Å². The summed E-state index contributed by atoms with van der Waals surface area (Å²) < 4.78 is 18.1. The third kappa shape index (κ3) is 3.94. The Kier molecular flexibility index (Phi) is 5.09. The third-order valence-electron chi connectivity index (χ3n) is 3.50. The third-order valence-corrected chi connectivity index (χ3v) is 3.73. The maximum atomic E-state index is 13.1. The number of ketones is 1. The van der Waals surface area contributed by atoms with Crippen molar-refractivity contribution in [3.8, 4) is 5.69 Å². The summed E-state index contributed by atoms with van der Waals surface area (Å²) in [6.07, 6.45) is 0. The molecule has 0 radical (unpaired) electrons. The van der Waals surface area contributed by atoms with Crippen molar-refractivity contribution in [2.24, 2.45) is 0 Å². The number of aromatic nitrogens is 3. The fraction of sp³-hybridized carbons (Fsp3) is 0.111. The second-order valence-electron chi connectivity index (χ2n) is 5.41. The minimum Gasteiger partial charge on any atom is -0.452 e. The molecule has 0 aliphatic rings. The summed E-state index contributed by atoms with van der Waals surface area (Å²) in [5.41, 5.74) is 1.03. The maximum absolute atomic E-state index is 13.1. The second kappa shape index (κ2) is 7.45. The van der Waals surface area contributed by atoms with Crippen LogP contribution in [-0.4, -0.2) is 33.4 Å². The lowest BCUT2D eigenvalue weighted by molar-refractivity contribution is 0.0467. The van der Waals surface area contributed by atoms with Crippen LogP contribution in [0.15, 0.2) is 48.5 Å². The van der Waals surface area contributed by atoms with Crippen LogP contribution < -0.4 is 0 Å². The Balaban J connectivity index is 1.71. The molecule has 8 heteroatoms. The average molecular weight is 374 g/mol. The highest BCUT2D eigenvalue weighted by Crippen LogP contribution is 2.15. The smallest absolute Gasteiger partial charge is 0.361 e. The molecule has 132 valence electrons. The zero-order chi connectivity index (χ0) is 18.7. The number of rotatable bonds is 5. The van der Waals surface area contributed by atoms with E-state index in [1.165, 1.54) is 23.0 Å². The topological polar surface area (TPSA) is 74.1 Å². The van der Waals surface area contributed by atoms with Gasteiger partial charge in [0.25, 0.3) is 0 Å². The molecular weight excluding hydrogens is 361 g/mol. The fourth-order valence-electron chi connectivity index (χ4n) is 2.23. The van der Waals surface area contributed by atoms with E-state index in [0.717, 1.165) is 6.07 Å². The number of aryl methyl sites for hydroxylation is 1. The molecular formula is C18H13ClFN3O3. The quantitative estimate of drug-likeness (QED) is 0.506. The SMILES string of the molecule is Cc1nn(-c2cccc(Cl)c2)nc1C(=O)OCC(=O)c1cccc(F)c1. The molecule has 0 amide bonds.